The van der Waals surface area contributed by atoms with Crippen LogP contribution < -0.4 is 5.73 Å². The number of aliphatic imine (C=N–C) groups is 1. The van der Waals surface area contributed by atoms with Gasteiger partial charge in [0.1, 0.15) is 17.5 Å². The van der Waals surface area contributed by atoms with Gasteiger partial charge in [0.15, 0.2) is 6.17 Å². The molecule has 0 fully saturated rings. The third-order valence-electron chi connectivity index (χ3n) is 2.01. The van der Waals surface area contributed by atoms with Crippen LogP contribution in [-0.2, 0) is 0 Å². The van der Waals surface area contributed by atoms with Crippen LogP contribution in [0.3, 0.4) is 0 Å². The first-order valence-electron chi connectivity index (χ1n) is 4.24. The first-order chi connectivity index (χ1) is 6.83. The first-order valence-corrected chi connectivity index (χ1v) is 4.24. The summed E-state index contributed by atoms with van der Waals surface area (Å²) >= 11 is 0. The Bertz CT molecular complexity index is 423. The van der Waals surface area contributed by atoms with E-state index in [1.807, 2.05) is 18.2 Å². The van der Waals surface area contributed by atoms with Gasteiger partial charge in [-0.05, 0) is 6.08 Å². The van der Waals surface area contributed by atoms with E-state index in [4.69, 9.17) is 11.0 Å². The smallest absolute Gasteiger partial charge is 0.161 e. The molecule has 2 rings (SSSR count). The molecular formula is C9H9N5. The molecule has 1 aliphatic heterocycles. The molecule has 0 aromatic carbocycles. The molecule has 0 aliphatic carbocycles. The number of allylic oxidation sites excluding steroid dienone is 1. The number of aromatic nitrogens is 2. The molecule has 14 heavy (non-hydrogen) atoms. The molecule has 0 bridgehead atoms. The van der Waals surface area contributed by atoms with Crippen LogP contribution >= 0.6 is 0 Å². The third kappa shape index (κ3) is 1.27. The Labute approximate surface area is 81.2 Å². The van der Waals surface area contributed by atoms with E-state index >= 15 is 0 Å². The molecule has 1 atom stereocenters. The SMILES string of the molecule is N#Cc1cnn(C2C=CCC=N2)c1N. The summed E-state index contributed by atoms with van der Waals surface area (Å²) in [6.45, 7) is 0. The van der Waals surface area contributed by atoms with Gasteiger partial charge >= 0.3 is 0 Å². The van der Waals surface area contributed by atoms with Crippen molar-refractivity contribution in [3.63, 3.8) is 0 Å². The summed E-state index contributed by atoms with van der Waals surface area (Å²) in [4.78, 5) is 4.21. The number of anilines is 1. The lowest BCUT2D eigenvalue weighted by Crippen LogP contribution is -2.11. The van der Waals surface area contributed by atoms with E-state index in [2.05, 4.69) is 10.1 Å². The largest absolute Gasteiger partial charge is 0.383 e. The topological polar surface area (TPSA) is 80.0 Å². The molecule has 2 N–H and O–H groups in total. The lowest BCUT2D eigenvalue weighted by atomic mass is 10.3. The third-order valence-corrected chi connectivity index (χ3v) is 2.01. The summed E-state index contributed by atoms with van der Waals surface area (Å²) in [6, 6.07) is 1.97. The van der Waals surface area contributed by atoms with Gasteiger partial charge in [0.25, 0.3) is 0 Å². The van der Waals surface area contributed by atoms with Crippen LogP contribution in [0.5, 0.6) is 0 Å². The number of nitrogen functional groups attached to an aromatic ring is 1. The second-order valence-electron chi connectivity index (χ2n) is 2.91. The number of dihydropyridines is 1. The molecule has 0 saturated carbocycles. The minimum atomic E-state index is -0.203. The summed E-state index contributed by atoms with van der Waals surface area (Å²) in [6.07, 6.45) is 7.79. The Morgan fingerprint density at radius 2 is 2.50 bits per heavy atom. The van der Waals surface area contributed by atoms with Crippen LogP contribution in [0.4, 0.5) is 5.82 Å². The highest BCUT2D eigenvalue weighted by Gasteiger charge is 2.13. The van der Waals surface area contributed by atoms with Crippen molar-refractivity contribution < 1.29 is 0 Å². The molecule has 1 unspecified atom stereocenters. The second-order valence-corrected chi connectivity index (χ2v) is 2.91. The van der Waals surface area contributed by atoms with Crippen LogP contribution in [0.15, 0.2) is 23.3 Å². The van der Waals surface area contributed by atoms with Crippen molar-refractivity contribution in [2.45, 2.75) is 12.6 Å². The number of nitrogens with two attached hydrogens (primary N) is 1. The molecular weight excluding hydrogens is 178 g/mol. The second kappa shape index (κ2) is 3.34. The maximum absolute atomic E-state index is 8.69. The van der Waals surface area contributed by atoms with Gasteiger partial charge in [-0.1, -0.05) is 6.08 Å². The van der Waals surface area contributed by atoms with Gasteiger partial charge < -0.3 is 5.73 Å². The molecule has 0 amide bonds. The Morgan fingerprint density at radius 1 is 1.64 bits per heavy atom. The summed E-state index contributed by atoms with van der Waals surface area (Å²) in [5.41, 5.74) is 6.10. The minimum absolute atomic E-state index is 0.203. The Morgan fingerprint density at radius 3 is 3.07 bits per heavy atom. The lowest BCUT2D eigenvalue weighted by Gasteiger charge is -2.12. The molecule has 5 heteroatoms. The molecule has 2 heterocycles. The zero-order valence-corrected chi connectivity index (χ0v) is 7.46. The zero-order chi connectivity index (χ0) is 9.97. The molecule has 1 aromatic heterocycles. The zero-order valence-electron chi connectivity index (χ0n) is 7.46. The highest BCUT2D eigenvalue weighted by Crippen LogP contribution is 2.19. The van der Waals surface area contributed by atoms with Crippen LogP contribution in [0.25, 0.3) is 0 Å². The Balaban J connectivity index is 2.37. The lowest BCUT2D eigenvalue weighted by molar-refractivity contribution is 0.565. The average molecular weight is 187 g/mol. The minimum Gasteiger partial charge on any atom is -0.383 e. The Hall–Kier alpha value is -2.09. The normalized spacial score (nSPS) is 19.5. The van der Waals surface area contributed by atoms with Crippen molar-refractivity contribution in [1.82, 2.24) is 9.78 Å². The van der Waals surface area contributed by atoms with Gasteiger partial charge in [-0.25, -0.2) is 4.68 Å². The fourth-order valence-corrected chi connectivity index (χ4v) is 1.29. The van der Waals surface area contributed by atoms with E-state index in [0.717, 1.165) is 6.42 Å². The molecule has 1 aliphatic rings. The van der Waals surface area contributed by atoms with Crippen molar-refractivity contribution in [1.29, 1.82) is 5.26 Å². The van der Waals surface area contributed by atoms with Crippen LogP contribution in [0.1, 0.15) is 18.2 Å². The standard InChI is InChI=1S/C9H9N5/c10-5-7-6-13-14(9(7)11)8-3-1-2-4-12-8/h1,3-4,6,8H,2,11H2. The number of hydrogen-bond acceptors (Lipinski definition) is 4. The van der Waals surface area contributed by atoms with Gasteiger partial charge in [-0.2, -0.15) is 10.4 Å². The quantitative estimate of drug-likeness (QED) is 0.662. The first kappa shape index (κ1) is 8.51. The molecule has 0 radical (unpaired) electrons. The van der Waals surface area contributed by atoms with Gasteiger partial charge in [0, 0.05) is 12.6 Å². The van der Waals surface area contributed by atoms with Crippen molar-refractivity contribution in [3.05, 3.63) is 23.9 Å². The van der Waals surface area contributed by atoms with Crippen LogP contribution in [-0.4, -0.2) is 16.0 Å². The van der Waals surface area contributed by atoms with Crippen LogP contribution in [0, 0.1) is 11.3 Å². The fraction of sp³-hybridized carbons (Fsp3) is 0.222. The maximum Gasteiger partial charge on any atom is 0.161 e. The maximum atomic E-state index is 8.69. The van der Waals surface area contributed by atoms with E-state index in [-0.39, 0.29) is 6.17 Å². The number of nitriles is 1. The Kier molecular flexibility index (Phi) is 2.03. The molecule has 0 spiro atoms. The van der Waals surface area contributed by atoms with Crippen molar-refractivity contribution in [2.24, 2.45) is 4.99 Å². The van der Waals surface area contributed by atoms with E-state index in [1.165, 1.54) is 10.9 Å². The van der Waals surface area contributed by atoms with Gasteiger partial charge in [0.05, 0.1) is 6.20 Å². The van der Waals surface area contributed by atoms with Gasteiger partial charge in [-0.3, -0.25) is 4.99 Å². The monoisotopic (exact) mass is 187 g/mol. The van der Waals surface area contributed by atoms with Crippen molar-refractivity contribution in [2.75, 3.05) is 5.73 Å². The highest BCUT2D eigenvalue weighted by atomic mass is 15.4. The van der Waals surface area contributed by atoms with E-state index in [9.17, 15) is 0 Å². The van der Waals surface area contributed by atoms with Crippen molar-refractivity contribution >= 4 is 12.0 Å². The van der Waals surface area contributed by atoms with E-state index in [1.54, 1.807) is 6.21 Å². The number of hydrogen-bond donors (Lipinski definition) is 1. The summed E-state index contributed by atoms with van der Waals surface area (Å²) in [7, 11) is 0. The molecule has 5 nitrogen and oxygen atoms in total. The molecule has 70 valence electrons. The van der Waals surface area contributed by atoms with Gasteiger partial charge in [0.2, 0.25) is 0 Å². The predicted molar refractivity (Wildman–Crippen MR) is 52.6 cm³/mol. The average Bonchev–Trinajstić information content (AvgIpc) is 2.61. The van der Waals surface area contributed by atoms with E-state index < -0.39 is 0 Å². The summed E-state index contributed by atoms with van der Waals surface area (Å²) in [5, 5.41) is 12.7. The summed E-state index contributed by atoms with van der Waals surface area (Å²) < 4.78 is 1.53. The number of rotatable bonds is 1. The summed E-state index contributed by atoms with van der Waals surface area (Å²) in [5.74, 6) is 0.362. The van der Waals surface area contributed by atoms with Gasteiger partial charge in [-0.15, -0.1) is 0 Å². The fourth-order valence-electron chi connectivity index (χ4n) is 1.29. The van der Waals surface area contributed by atoms with Crippen LogP contribution in [0.2, 0.25) is 0 Å². The van der Waals surface area contributed by atoms with E-state index in [0.29, 0.717) is 11.4 Å². The predicted octanol–water partition coefficient (Wildman–Crippen LogP) is 0.866. The van der Waals surface area contributed by atoms with Crippen molar-refractivity contribution in [3.8, 4) is 6.07 Å². The molecule has 1 aromatic rings. The number of nitrogens with zero attached hydrogens (tertiary/aromatic N) is 4. The highest BCUT2D eigenvalue weighted by molar-refractivity contribution is 5.61. The molecule has 0 saturated heterocycles.